The normalized spacial score (nSPS) is 12.3. The third kappa shape index (κ3) is 4.28. The highest BCUT2D eigenvalue weighted by Crippen LogP contribution is 2.20. The van der Waals surface area contributed by atoms with Crippen LogP contribution in [-0.4, -0.2) is 14.8 Å². The van der Waals surface area contributed by atoms with Gasteiger partial charge in [0.25, 0.3) is 0 Å². The van der Waals surface area contributed by atoms with E-state index in [1.165, 1.54) is 24.3 Å². The Kier molecular flexibility index (Phi) is 5.19. The van der Waals surface area contributed by atoms with Crippen LogP contribution in [0, 0.1) is 18.6 Å². The molecule has 25 heavy (non-hydrogen) atoms. The fraction of sp³-hybridized carbons (Fsp3) is 0.263. The van der Waals surface area contributed by atoms with Gasteiger partial charge in [-0.05, 0) is 48.7 Å². The summed E-state index contributed by atoms with van der Waals surface area (Å²) < 4.78 is 29.0. The van der Waals surface area contributed by atoms with Crippen molar-refractivity contribution in [2.45, 2.75) is 25.9 Å². The van der Waals surface area contributed by atoms with Crippen LogP contribution in [0.2, 0.25) is 0 Å². The molecule has 0 aliphatic carbocycles. The first-order valence-corrected chi connectivity index (χ1v) is 8.11. The van der Waals surface area contributed by atoms with Gasteiger partial charge in [0.1, 0.15) is 23.3 Å². The van der Waals surface area contributed by atoms with Crippen molar-refractivity contribution in [3.63, 3.8) is 0 Å². The van der Waals surface area contributed by atoms with Crippen LogP contribution in [0.15, 0.2) is 48.5 Å². The Hall–Kier alpha value is -2.60. The van der Waals surface area contributed by atoms with Gasteiger partial charge in [0.05, 0.1) is 6.54 Å². The van der Waals surface area contributed by atoms with Gasteiger partial charge >= 0.3 is 0 Å². The fourth-order valence-corrected chi connectivity index (χ4v) is 2.75. The molecular formula is C19H20F2N4. The monoisotopic (exact) mass is 342 g/mol. The number of aromatic nitrogens is 3. The Morgan fingerprint density at radius 1 is 1.04 bits per heavy atom. The van der Waals surface area contributed by atoms with Gasteiger partial charge in [0.15, 0.2) is 0 Å². The highest BCUT2D eigenvalue weighted by Gasteiger charge is 2.15. The first-order chi connectivity index (χ1) is 12.0. The summed E-state index contributed by atoms with van der Waals surface area (Å²) in [6, 6.07) is 12.7. The molecule has 0 saturated heterocycles. The maximum Gasteiger partial charge on any atom is 0.146 e. The average molecular weight is 342 g/mol. The van der Waals surface area contributed by atoms with E-state index in [1.807, 2.05) is 30.7 Å². The molecule has 0 fully saturated rings. The highest BCUT2D eigenvalue weighted by atomic mass is 19.1. The zero-order chi connectivity index (χ0) is 17.8. The van der Waals surface area contributed by atoms with E-state index in [0.29, 0.717) is 13.0 Å². The lowest BCUT2D eigenvalue weighted by molar-refractivity contribution is 0.505. The first-order valence-electron chi connectivity index (χ1n) is 8.11. The Morgan fingerprint density at radius 3 is 2.40 bits per heavy atom. The SMILES string of the molecule is Cc1nnc(CNC(Cc2cccc(F)c2)c2cccc(F)c2)n1C. The minimum Gasteiger partial charge on any atom is -0.317 e. The maximum atomic E-state index is 13.6. The van der Waals surface area contributed by atoms with Crippen molar-refractivity contribution in [1.29, 1.82) is 0 Å². The third-order valence-electron chi connectivity index (χ3n) is 4.27. The predicted octanol–water partition coefficient (Wildman–Crippen LogP) is 3.48. The molecule has 3 rings (SSSR count). The van der Waals surface area contributed by atoms with Crippen LogP contribution in [0.1, 0.15) is 28.8 Å². The molecule has 2 aromatic carbocycles. The lowest BCUT2D eigenvalue weighted by Gasteiger charge is -2.19. The Balaban J connectivity index is 1.82. The van der Waals surface area contributed by atoms with Crippen LogP contribution in [0.25, 0.3) is 0 Å². The zero-order valence-electron chi connectivity index (χ0n) is 14.2. The maximum absolute atomic E-state index is 13.6. The van der Waals surface area contributed by atoms with Gasteiger partial charge in [0.2, 0.25) is 0 Å². The van der Waals surface area contributed by atoms with Crippen LogP contribution < -0.4 is 5.32 Å². The van der Waals surface area contributed by atoms with Crippen molar-refractivity contribution in [2.24, 2.45) is 7.05 Å². The highest BCUT2D eigenvalue weighted by molar-refractivity contribution is 5.25. The second kappa shape index (κ2) is 7.53. The minimum absolute atomic E-state index is 0.172. The van der Waals surface area contributed by atoms with E-state index in [9.17, 15) is 8.78 Å². The summed E-state index contributed by atoms with van der Waals surface area (Å²) in [5, 5.41) is 11.6. The zero-order valence-corrected chi connectivity index (χ0v) is 14.2. The van der Waals surface area contributed by atoms with E-state index in [0.717, 1.165) is 22.8 Å². The van der Waals surface area contributed by atoms with Crippen molar-refractivity contribution < 1.29 is 8.78 Å². The van der Waals surface area contributed by atoms with E-state index < -0.39 is 0 Å². The second-order valence-corrected chi connectivity index (χ2v) is 6.04. The van der Waals surface area contributed by atoms with Crippen LogP contribution in [0.4, 0.5) is 8.78 Å². The molecule has 0 bridgehead atoms. The molecule has 1 aromatic heterocycles. The van der Waals surface area contributed by atoms with E-state index in [2.05, 4.69) is 15.5 Å². The van der Waals surface area contributed by atoms with E-state index in [-0.39, 0.29) is 17.7 Å². The van der Waals surface area contributed by atoms with Gasteiger partial charge in [-0.1, -0.05) is 24.3 Å². The summed E-state index contributed by atoms with van der Waals surface area (Å²) in [5.74, 6) is 1.04. The molecule has 1 atom stereocenters. The largest absolute Gasteiger partial charge is 0.317 e. The molecule has 0 aliphatic heterocycles. The van der Waals surface area contributed by atoms with Crippen LogP contribution >= 0.6 is 0 Å². The van der Waals surface area contributed by atoms with Gasteiger partial charge in [-0.3, -0.25) is 0 Å². The van der Waals surface area contributed by atoms with Gasteiger partial charge in [-0.2, -0.15) is 0 Å². The topological polar surface area (TPSA) is 42.7 Å². The molecule has 0 spiro atoms. The van der Waals surface area contributed by atoms with Crippen molar-refractivity contribution in [3.05, 3.63) is 82.9 Å². The Bertz CT molecular complexity index is 860. The molecule has 6 heteroatoms. The van der Waals surface area contributed by atoms with E-state index >= 15 is 0 Å². The van der Waals surface area contributed by atoms with Crippen LogP contribution in [0.5, 0.6) is 0 Å². The molecule has 1 unspecified atom stereocenters. The van der Waals surface area contributed by atoms with E-state index in [1.54, 1.807) is 12.1 Å². The average Bonchev–Trinajstić information content (AvgIpc) is 2.90. The number of hydrogen-bond donors (Lipinski definition) is 1. The fourth-order valence-electron chi connectivity index (χ4n) is 2.75. The van der Waals surface area contributed by atoms with E-state index in [4.69, 9.17) is 0 Å². The number of rotatable bonds is 6. The summed E-state index contributed by atoms with van der Waals surface area (Å²) in [6.45, 7) is 2.36. The number of hydrogen-bond acceptors (Lipinski definition) is 3. The number of nitrogens with zero attached hydrogens (tertiary/aromatic N) is 3. The Labute approximate surface area is 145 Å². The van der Waals surface area contributed by atoms with Crippen molar-refractivity contribution >= 4 is 0 Å². The van der Waals surface area contributed by atoms with Gasteiger partial charge in [-0.25, -0.2) is 8.78 Å². The second-order valence-electron chi connectivity index (χ2n) is 6.04. The minimum atomic E-state index is -0.293. The number of benzene rings is 2. The van der Waals surface area contributed by atoms with Gasteiger partial charge < -0.3 is 9.88 Å². The predicted molar refractivity (Wildman–Crippen MR) is 91.8 cm³/mol. The number of halogens is 2. The smallest absolute Gasteiger partial charge is 0.146 e. The standard InChI is InChI=1S/C19H20F2N4/c1-13-23-24-19(25(13)2)12-22-18(15-6-4-8-17(21)11-15)10-14-5-3-7-16(20)9-14/h3-9,11,18,22H,10,12H2,1-2H3. The molecule has 0 amide bonds. The third-order valence-corrected chi connectivity index (χ3v) is 4.27. The molecule has 0 radical (unpaired) electrons. The summed E-state index contributed by atoms with van der Waals surface area (Å²) in [4.78, 5) is 0. The number of nitrogens with one attached hydrogen (secondary N) is 1. The van der Waals surface area contributed by atoms with Gasteiger partial charge in [-0.15, -0.1) is 10.2 Å². The molecular weight excluding hydrogens is 322 g/mol. The molecule has 1 N–H and O–H groups in total. The summed E-state index contributed by atoms with van der Waals surface area (Å²) >= 11 is 0. The van der Waals surface area contributed by atoms with Crippen molar-refractivity contribution in [1.82, 2.24) is 20.1 Å². The summed E-state index contributed by atoms with van der Waals surface area (Å²) in [6.07, 6.45) is 0.540. The summed E-state index contributed by atoms with van der Waals surface area (Å²) in [5.41, 5.74) is 1.65. The lowest BCUT2D eigenvalue weighted by Crippen LogP contribution is -2.24. The van der Waals surface area contributed by atoms with Crippen LogP contribution in [-0.2, 0) is 20.0 Å². The lowest BCUT2D eigenvalue weighted by atomic mass is 9.98. The molecule has 4 nitrogen and oxygen atoms in total. The van der Waals surface area contributed by atoms with Gasteiger partial charge in [0, 0.05) is 13.1 Å². The van der Waals surface area contributed by atoms with Crippen molar-refractivity contribution in [2.75, 3.05) is 0 Å². The van der Waals surface area contributed by atoms with Crippen LogP contribution in [0.3, 0.4) is 0 Å². The Morgan fingerprint density at radius 2 is 1.76 bits per heavy atom. The molecule has 0 saturated carbocycles. The quantitative estimate of drug-likeness (QED) is 0.746. The molecule has 3 aromatic rings. The number of aryl methyl sites for hydroxylation is 1. The summed E-state index contributed by atoms with van der Waals surface area (Å²) in [7, 11) is 1.90. The molecule has 0 aliphatic rings. The molecule has 130 valence electrons. The van der Waals surface area contributed by atoms with Crippen molar-refractivity contribution in [3.8, 4) is 0 Å². The first kappa shape index (κ1) is 17.2. The molecule has 1 heterocycles.